The van der Waals surface area contributed by atoms with E-state index < -0.39 is 0 Å². The first-order valence-corrected chi connectivity index (χ1v) is 5.73. The van der Waals surface area contributed by atoms with Crippen LogP contribution in [0, 0.1) is 11.3 Å². The molecule has 0 spiro atoms. The molecule has 0 radical (unpaired) electrons. The molecule has 6 nitrogen and oxygen atoms in total. The van der Waals surface area contributed by atoms with E-state index in [0.717, 1.165) is 5.69 Å². The van der Waals surface area contributed by atoms with Gasteiger partial charge in [-0.3, -0.25) is 4.98 Å². The summed E-state index contributed by atoms with van der Waals surface area (Å²) < 4.78 is 1.76. The zero-order chi connectivity index (χ0) is 13.8. The molecule has 2 rings (SSSR count). The Hall–Kier alpha value is -2.68. The Kier molecular flexibility index (Phi) is 3.57. The van der Waals surface area contributed by atoms with E-state index in [2.05, 4.69) is 21.3 Å². The predicted octanol–water partition coefficient (Wildman–Crippen LogP) is 1.30. The summed E-state index contributed by atoms with van der Waals surface area (Å²) in [6.07, 6.45) is 3.41. The van der Waals surface area contributed by atoms with Gasteiger partial charge in [-0.2, -0.15) is 5.26 Å². The van der Waals surface area contributed by atoms with Crippen molar-refractivity contribution in [3.05, 3.63) is 36.4 Å². The summed E-state index contributed by atoms with van der Waals surface area (Å²) >= 11 is 0. The van der Waals surface area contributed by atoms with Gasteiger partial charge in [0.1, 0.15) is 17.3 Å². The molecule has 2 aromatic rings. The van der Waals surface area contributed by atoms with E-state index in [4.69, 9.17) is 0 Å². The van der Waals surface area contributed by atoms with E-state index in [1.165, 1.54) is 0 Å². The monoisotopic (exact) mass is 254 g/mol. The van der Waals surface area contributed by atoms with E-state index in [1.54, 1.807) is 21.9 Å². The Morgan fingerprint density at radius 2 is 2.16 bits per heavy atom. The molecule has 6 heteroatoms. The molecule has 0 aliphatic heterocycles. The zero-order valence-electron chi connectivity index (χ0n) is 11.1. The lowest BCUT2D eigenvalue weighted by Gasteiger charge is -2.06. The number of nitriles is 1. The van der Waals surface area contributed by atoms with Crippen molar-refractivity contribution >= 4 is 5.57 Å². The van der Waals surface area contributed by atoms with Gasteiger partial charge in [-0.25, -0.2) is 0 Å². The molecule has 2 heterocycles. The third-order valence-electron chi connectivity index (χ3n) is 2.52. The van der Waals surface area contributed by atoms with Crippen LogP contribution in [0.3, 0.4) is 0 Å². The van der Waals surface area contributed by atoms with Gasteiger partial charge in [-0.1, -0.05) is 6.07 Å². The van der Waals surface area contributed by atoms with E-state index in [1.807, 2.05) is 39.3 Å². The molecule has 0 unspecified atom stereocenters. The first kappa shape index (κ1) is 12.8. The maximum Gasteiger partial charge on any atom is 0.182 e. The molecular weight excluding hydrogens is 240 g/mol. The van der Waals surface area contributed by atoms with E-state index >= 15 is 0 Å². The quantitative estimate of drug-likeness (QED) is 0.772. The Bertz CT molecular complexity index is 633. The van der Waals surface area contributed by atoms with Gasteiger partial charge >= 0.3 is 0 Å². The van der Waals surface area contributed by atoms with Crippen LogP contribution >= 0.6 is 0 Å². The summed E-state index contributed by atoms with van der Waals surface area (Å²) in [5.41, 5.74) is 1.19. The molecule has 0 saturated carbocycles. The van der Waals surface area contributed by atoms with Crippen molar-refractivity contribution in [2.24, 2.45) is 7.05 Å². The van der Waals surface area contributed by atoms with Crippen molar-refractivity contribution < 1.29 is 0 Å². The smallest absolute Gasteiger partial charge is 0.182 e. The molecule has 0 N–H and O–H groups in total. The maximum atomic E-state index is 9.19. The van der Waals surface area contributed by atoms with Crippen LogP contribution in [0.5, 0.6) is 0 Å². The minimum Gasteiger partial charge on any atom is -0.382 e. The van der Waals surface area contributed by atoms with Crippen molar-refractivity contribution in [2.75, 3.05) is 14.1 Å². The minimum absolute atomic E-state index is 0.460. The highest BCUT2D eigenvalue weighted by Gasteiger charge is 2.15. The van der Waals surface area contributed by atoms with E-state index in [0.29, 0.717) is 17.2 Å². The molecule has 0 bridgehead atoms. The number of allylic oxidation sites excluding steroid dienone is 1. The molecule has 0 aromatic carbocycles. The van der Waals surface area contributed by atoms with Gasteiger partial charge in [0.05, 0.1) is 0 Å². The van der Waals surface area contributed by atoms with Gasteiger partial charge in [0.25, 0.3) is 0 Å². The van der Waals surface area contributed by atoms with Crippen LogP contribution in [0.25, 0.3) is 17.1 Å². The Morgan fingerprint density at radius 3 is 2.74 bits per heavy atom. The van der Waals surface area contributed by atoms with Crippen LogP contribution in [0.15, 0.2) is 30.6 Å². The van der Waals surface area contributed by atoms with Gasteiger partial charge in [0.15, 0.2) is 11.6 Å². The second kappa shape index (κ2) is 5.31. The minimum atomic E-state index is 0.460. The highest BCUT2D eigenvalue weighted by atomic mass is 15.3. The topological polar surface area (TPSA) is 70.6 Å². The Labute approximate surface area is 111 Å². The standard InChI is InChI=1S/C13H14N6/c1-18(2)9-10(8-14)12-16-17-13(19(12)3)11-6-4-5-7-15-11/h4-7,9H,1-3H3. The summed E-state index contributed by atoms with van der Waals surface area (Å²) in [6.45, 7) is 0. The van der Waals surface area contributed by atoms with Gasteiger partial charge < -0.3 is 9.47 Å². The lowest BCUT2D eigenvalue weighted by molar-refractivity contribution is 0.565. The van der Waals surface area contributed by atoms with E-state index in [-0.39, 0.29) is 0 Å². The highest BCUT2D eigenvalue weighted by molar-refractivity contribution is 5.73. The number of rotatable bonds is 3. The molecule has 96 valence electrons. The number of hydrogen-bond acceptors (Lipinski definition) is 5. The van der Waals surface area contributed by atoms with Crippen LogP contribution in [-0.4, -0.2) is 38.7 Å². The summed E-state index contributed by atoms with van der Waals surface area (Å²) in [5.74, 6) is 1.16. The summed E-state index contributed by atoms with van der Waals surface area (Å²) in [5, 5.41) is 17.4. The first-order chi connectivity index (χ1) is 9.13. The van der Waals surface area contributed by atoms with Gasteiger partial charge in [-0.15, -0.1) is 10.2 Å². The average Bonchev–Trinajstić information content (AvgIpc) is 2.78. The van der Waals surface area contributed by atoms with E-state index in [9.17, 15) is 5.26 Å². The molecule has 2 aromatic heterocycles. The fourth-order valence-corrected chi connectivity index (χ4v) is 1.68. The van der Waals surface area contributed by atoms with Crippen molar-refractivity contribution in [1.82, 2.24) is 24.6 Å². The van der Waals surface area contributed by atoms with Crippen molar-refractivity contribution in [2.45, 2.75) is 0 Å². The van der Waals surface area contributed by atoms with Gasteiger partial charge in [0, 0.05) is 33.5 Å². The fraction of sp³-hybridized carbons (Fsp3) is 0.231. The second-order valence-electron chi connectivity index (χ2n) is 4.24. The number of aromatic nitrogens is 4. The molecular formula is C13H14N6. The molecule has 19 heavy (non-hydrogen) atoms. The third kappa shape index (κ3) is 2.60. The molecule has 0 atom stereocenters. The van der Waals surface area contributed by atoms with Gasteiger partial charge in [0.2, 0.25) is 0 Å². The van der Waals surface area contributed by atoms with Crippen molar-refractivity contribution in [3.8, 4) is 17.6 Å². The lowest BCUT2D eigenvalue weighted by Crippen LogP contribution is -2.05. The van der Waals surface area contributed by atoms with Crippen molar-refractivity contribution in [1.29, 1.82) is 5.26 Å². The third-order valence-corrected chi connectivity index (χ3v) is 2.52. The molecule has 0 amide bonds. The molecule has 0 aliphatic carbocycles. The predicted molar refractivity (Wildman–Crippen MR) is 71.5 cm³/mol. The van der Waals surface area contributed by atoms with Crippen LogP contribution in [-0.2, 0) is 7.05 Å². The van der Waals surface area contributed by atoms with Crippen LogP contribution in [0.2, 0.25) is 0 Å². The number of pyridine rings is 1. The molecule has 0 saturated heterocycles. The average molecular weight is 254 g/mol. The number of hydrogen-bond donors (Lipinski definition) is 0. The van der Waals surface area contributed by atoms with Gasteiger partial charge in [-0.05, 0) is 12.1 Å². The zero-order valence-corrected chi connectivity index (χ0v) is 11.1. The number of nitrogens with zero attached hydrogens (tertiary/aromatic N) is 6. The highest BCUT2D eigenvalue weighted by Crippen LogP contribution is 2.18. The molecule has 0 fully saturated rings. The van der Waals surface area contributed by atoms with Crippen LogP contribution in [0.1, 0.15) is 5.82 Å². The largest absolute Gasteiger partial charge is 0.382 e. The normalized spacial score (nSPS) is 11.2. The summed E-state index contributed by atoms with van der Waals surface area (Å²) in [4.78, 5) is 6.03. The lowest BCUT2D eigenvalue weighted by atomic mass is 10.3. The maximum absolute atomic E-state index is 9.19. The SMILES string of the molecule is CN(C)C=C(C#N)c1nnc(-c2ccccn2)n1C. The summed E-state index contributed by atoms with van der Waals surface area (Å²) in [6, 6.07) is 7.71. The fourth-order valence-electron chi connectivity index (χ4n) is 1.68. The second-order valence-corrected chi connectivity index (χ2v) is 4.24. The summed E-state index contributed by atoms with van der Waals surface area (Å²) in [7, 11) is 5.53. The van der Waals surface area contributed by atoms with Crippen LogP contribution in [0.4, 0.5) is 0 Å². The Morgan fingerprint density at radius 1 is 1.37 bits per heavy atom. The first-order valence-electron chi connectivity index (χ1n) is 5.73. The van der Waals surface area contributed by atoms with Crippen molar-refractivity contribution in [3.63, 3.8) is 0 Å². The van der Waals surface area contributed by atoms with Crippen LogP contribution < -0.4 is 0 Å². The molecule has 0 aliphatic rings. The Balaban J connectivity index is 2.47.